The van der Waals surface area contributed by atoms with Crippen LogP contribution in [0.25, 0.3) is 10.8 Å². The lowest BCUT2D eigenvalue weighted by molar-refractivity contribution is 0.0323. The molecule has 2 saturated heterocycles. The number of benzene rings is 1. The van der Waals surface area contributed by atoms with Crippen LogP contribution in [0.2, 0.25) is 0 Å². The zero-order chi connectivity index (χ0) is 18.1. The van der Waals surface area contributed by atoms with Crippen LogP contribution in [0.1, 0.15) is 23.3 Å². The Morgan fingerprint density at radius 1 is 1.27 bits per heavy atom. The first kappa shape index (κ1) is 17.4. The number of nitrogens with zero attached hydrogens (tertiary/aromatic N) is 3. The Morgan fingerprint density at radius 3 is 2.81 bits per heavy atom. The average Bonchev–Trinajstić information content (AvgIpc) is 2.96. The van der Waals surface area contributed by atoms with Crippen molar-refractivity contribution in [3.05, 3.63) is 42.2 Å². The number of pyridine rings is 1. The molecule has 2 aliphatic heterocycles. The smallest absolute Gasteiger partial charge is 0.273 e. The predicted molar refractivity (Wildman–Crippen MR) is 102 cm³/mol. The fourth-order valence-electron chi connectivity index (χ4n) is 4.89. The summed E-state index contributed by atoms with van der Waals surface area (Å²) in [4.78, 5) is 21.9. The zero-order valence-electron chi connectivity index (χ0n) is 15.6. The average molecular weight is 353 g/mol. The van der Waals surface area contributed by atoms with E-state index in [1.54, 1.807) is 13.3 Å². The maximum atomic E-state index is 13.1. The molecule has 3 heterocycles. The monoisotopic (exact) mass is 353 g/mol. The SMILES string of the molecule is COCC1CN(C)CC12CCN(C(=O)c1nccc3ccccc13)CC2. The Labute approximate surface area is 154 Å². The summed E-state index contributed by atoms with van der Waals surface area (Å²) in [5.41, 5.74) is 0.865. The van der Waals surface area contributed by atoms with Crippen LogP contribution in [-0.4, -0.2) is 67.6 Å². The quantitative estimate of drug-likeness (QED) is 0.851. The summed E-state index contributed by atoms with van der Waals surface area (Å²) >= 11 is 0. The van der Waals surface area contributed by atoms with Gasteiger partial charge in [-0.1, -0.05) is 24.3 Å². The molecule has 2 aromatic rings. The zero-order valence-corrected chi connectivity index (χ0v) is 15.6. The second-order valence-corrected chi connectivity index (χ2v) is 7.88. The summed E-state index contributed by atoms with van der Waals surface area (Å²) in [6, 6.07) is 9.94. The van der Waals surface area contributed by atoms with E-state index in [9.17, 15) is 4.79 Å². The number of aromatic nitrogens is 1. The molecular formula is C21H27N3O2. The van der Waals surface area contributed by atoms with Crippen LogP contribution in [0.15, 0.2) is 36.5 Å². The van der Waals surface area contributed by atoms with E-state index in [0.29, 0.717) is 11.6 Å². The molecule has 4 rings (SSSR count). The number of fused-ring (bicyclic) bond motifs is 1. The van der Waals surface area contributed by atoms with E-state index in [-0.39, 0.29) is 11.3 Å². The van der Waals surface area contributed by atoms with E-state index in [1.807, 2.05) is 35.2 Å². The number of hydrogen-bond donors (Lipinski definition) is 0. The van der Waals surface area contributed by atoms with E-state index >= 15 is 0 Å². The molecule has 138 valence electrons. The molecule has 2 fully saturated rings. The number of amides is 1. The van der Waals surface area contributed by atoms with E-state index in [2.05, 4.69) is 16.9 Å². The van der Waals surface area contributed by atoms with Gasteiger partial charge in [0.25, 0.3) is 5.91 Å². The number of rotatable bonds is 3. The molecule has 1 unspecified atom stereocenters. The van der Waals surface area contributed by atoms with Crippen molar-refractivity contribution in [2.24, 2.45) is 11.3 Å². The lowest BCUT2D eigenvalue weighted by atomic mass is 9.71. The summed E-state index contributed by atoms with van der Waals surface area (Å²) in [7, 11) is 3.98. The molecule has 1 aromatic heterocycles. The number of likely N-dealkylation sites (tertiary alicyclic amines) is 2. The fourth-order valence-corrected chi connectivity index (χ4v) is 4.89. The lowest BCUT2D eigenvalue weighted by Crippen LogP contribution is -2.47. The van der Waals surface area contributed by atoms with Gasteiger partial charge in [-0.05, 0) is 36.8 Å². The van der Waals surface area contributed by atoms with Crippen molar-refractivity contribution in [3.63, 3.8) is 0 Å². The van der Waals surface area contributed by atoms with Gasteiger partial charge in [0, 0.05) is 50.8 Å². The second-order valence-electron chi connectivity index (χ2n) is 7.88. The highest BCUT2D eigenvalue weighted by Gasteiger charge is 2.47. The van der Waals surface area contributed by atoms with Crippen molar-refractivity contribution in [1.29, 1.82) is 0 Å². The van der Waals surface area contributed by atoms with Gasteiger partial charge in [0.2, 0.25) is 0 Å². The van der Waals surface area contributed by atoms with Gasteiger partial charge in [0.05, 0.1) is 6.61 Å². The minimum absolute atomic E-state index is 0.0614. The fraction of sp³-hybridized carbons (Fsp3) is 0.524. The molecule has 5 nitrogen and oxygen atoms in total. The van der Waals surface area contributed by atoms with Crippen molar-refractivity contribution in [3.8, 4) is 0 Å². The van der Waals surface area contributed by atoms with Crippen LogP contribution in [0, 0.1) is 11.3 Å². The molecule has 0 bridgehead atoms. The number of carbonyl (C=O) groups is 1. The third-order valence-corrected chi connectivity index (χ3v) is 6.27. The number of piperidine rings is 1. The molecule has 1 spiro atoms. The highest BCUT2D eigenvalue weighted by atomic mass is 16.5. The van der Waals surface area contributed by atoms with Gasteiger partial charge in [-0.25, -0.2) is 0 Å². The first-order valence-corrected chi connectivity index (χ1v) is 9.43. The van der Waals surface area contributed by atoms with Crippen LogP contribution in [-0.2, 0) is 4.74 Å². The molecule has 0 radical (unpaired) electrons. The molecule has 1 aromatic carbocycles. The Kier molecular flexibility index (Phi) is 4.67. The van der Waals surface area contributed by atoms with Crippen LogP contribution in [0.3, 0.4) is 0 Å². The Bertz CT molecular complexity index is 793. The van der Waals surface area contributed by atoms with Gasteiger partial charge in [0.1, 0.15) is 5.69 Å². The minimum Gasteiger partial charge on any atom is -0.384 e. The molecule has 2 aliphatic rings. The summed E-state index contributed by atoms with van der Waals surface area (Å²) in [6.45, 7) is 4.61. The van der Waals surface area contributed by atoms with Gasteiger partial charge >= 0.3 is 0 Å². The molecule has 1 atom stereocenters. The van der Waals surface area contributed by atoms with Crippen molar-refractivity contribution >= 4 is 16.7 Å². The second kappa shape index (κ2) is 6.97. The molecule has 1 amide bonds. The third-order valence-electron chi connectivity index (χ3n) is 6.27. The Balaban J connectivity index is 1.52. The van der Waals surface area contributed by atoms with Crippen LogP contribution >= 0.6 is 0 Å². The number of carbonyl (C=O) groups excluding carboxylic acids is 1. The van der Waals surface area contributed by atoms with Crippen LogP contribution in [0.4, 0.5) is 0 Å². The third kappa shape index (κ3) is 2.99. The lowest BCUT2D eigenvalue weighted by Gasteiger charge is -2.42. The number of methoxy groups -OCH3 is 1. The highest BCUT2D eigenvalue weighted by molar-refractivity contribution is 6.05. The van der Waals surface area contributed by atoms with Crippen LogP contribution in [0.5, 0.6) is 0 Å². The molecular weight excluding hydrogens is 326 g/mol. The normalized spacial score (nSPS) is 23.0. The molecule has 0 aliphatic carbocycles. The van der Waals surface area contributed by atoms with E-state index < -0.39 is 0 Å². The highest BCUT2D eigenvalue weighted by Crippen LogP contribution is 2.44. The van der Waals surface area contributed by atoms with E-state index in [1.165, 1.54) is 0 Å². The standard InChI is InChI=1S/C21H27N3O2/c1-23-13-17(14-26-2)21(15-23)8-11-24(12-9-21)20(25)19-18-6-4-3-5-16(18)7-10-22-19/h3-7,10,17H,8-9,11-15H2,1-2H3. The summed E-state index contributed by atoms with van der Waals surface area (Å²) in [5.74, 6) is 0.622. The summed E-state index contributed by atoms with van der Waals surface area (Å²) in [6.07, 6.45) is 3.82. The largest absolute Gasteiger partial charge is 0.384 e. The van der Waals surface area contributed by atoms with Crippen molar-refractivity contribution in [2.45, 2.75) is 12.8 Å². The van der Waals surface area contributed by atoms with Crippen molar-refractivity contribution < 1.29 is 9.53 Å². The first-order chi connectivity index (χ1) is 12.6. The summed E-state index contributed by atoms with van der Waals surface area (Å²) < 4.78 is 5.48. The van der Waals surface area contributed by atoms with Gasteiger partial charge < -0.3 is 14.5 Å². The molecule has 26 heavy (non-hydrogen) atoms. The van der Waals surface area contributed by atoms with Gasteiger partial charge in [0.15, 0.2) is 0 Å². The Hall–Kier alpha value is -1.98. The van der Waals surface area contributed by atoms with Crippen molar-refractivity contribution in [1.82, 2.24) is 14.8 Å². The Morgan fingerprint density at radius 2 is 2.04 bits per heavy atom. The van der Waals surface area contributed by atoms with Gasteiger partial charge in [-0.2, -0.15) is 0 Å². The maximum absolute atomic E-state index is 13.1. The molecule has 0 N–H and O–H groups in total. The molecule has 5 heteroatoms. The van der Waals surface area contributed by atoms with E-state index in [0.717, 1.165) is 56.4 Å². The molecule has 0 saturated carbocycles. The summed E-state index contributed by atoms with van der Waals surface area (Å²) in [5, 5.41) is 2.01. The number of hydrogen-bond acceptors (Lipinski definition) is 4. The minimum atomic E-state index is 0.0614. The van der Waals surface area contributed by atoms with Crippen molar-refractivity contribution in [2.75, 3.05) is 46.9 Å². The predicted octanol–water partition coefficient (Wildman–Crippen LogP) is 2.67. The first-order valence-electron chi connectivity index (χ1n) is 9.43. The number of ether oxygens (including phenoxy) is 1. The van der Waals surface area contributed by atoms with Gasteiger partial charge in [-0.3, -0.25) is 9.78 Å². The van der Waals surface area contributed by atoms with E-state index in [4.69, 9.17) is 4.74 Å². The van der Waals surface area contributed by atoms with Gasteiger partial charge in [-0.15, -0.1) is 0 Å². The topological polar surface area (TPSA) is 45.7 Å². The maximum Gasteiger partial charge on any atom is 0.273 e. The van der Waals surface area contributed by atoms with Crippen LogP contribution < -0.4 is 0 Å².